The third-order valence-electron chi connectivity index (χ3n) is 2.66. The van der Waals surface area contributed by atoms with Gasteiger partial charge in [-0.25, -0.2) is 0 Å². The Morgan fingerprint density at radius 2 is 1.61 bits per heavy atom. The van der Waals surface area contributed by atoms with E-state index in [2.05, 4.69) is 27.5 Å². The predicted octanol–water partition coefficient (Wildman–Crippen LogP) is 1.13. The molecular weight excluding hydrogens is 227 g/mol. The minimum absolute atomic E-state index is 0.208. The van der Waals surface area contributed by atoms with Gasteiger partial charge >= 0.3 is 7.12 Å². The molecule has 3 rings (SSSR count). The number of hydrogen-bond donors (Lipinski definition) is 0. The Labute approximate surface area is 106 Å². The summed E-state index contributed by atoms with van der Waals surface area (Å²) in [6.45, 7) is 0. The van der Waals surface area contributed by atoms with E-state index in [1.807, 2.05) is 51.5 Å². The van der Waals surface area contributed by atoms with E-state index in [1.165, 1.54) is 0 Å². The summed E-state index contributed by atoms with van der Waals surface area (Å²) in [6, 6.07) is 1.89. The molecule has 90 valence electrons. The maximum Gasteiger partial charge on any atom is 0.568 e. The quantitative estimate of drug-likeness (QED) is 0.744. The van der Waals surface area contributed by atoms with Crippen molar-refractivity contribution in [1.29, 1.82) is 0 Å². The van der Waals surface area contributed by atoms with Crippen LogP contribution in [0.4, 0.5) is 0 Å². The van der Waals surface area contributed by atoms with Crippen LogP contribution >= 0.6 is 0 Å². The Balaban J connectivity index is 1.92. The minimum Gasteiger partial charge on any atom is -0.269 e. The molecule has 0 unspecified atom stereocenters. The molecule has 1 aromatic rings. The summed E-state index contributed by atoms with van der Waals surface area (Å²) in [5.74, 6) is 0. The molecule has 0 aliphatic carbocycles. The standard InChI is InChI=1S/C11H13BN6/c1-3-9-16(13-6-1)12(18-11-5-8-15-18)17-10-4-2-7-14-17/h3-11H,1-2H2. The molecule has 2 aliphatic rings. The van der Waals surface area contributed by atoms with E-state index in [1.54, 1.807) is 6.20 Å². The zero-order valence-corrected chi connectivity index (χ0v) is 9.87. The monoisotopic (exact) mass is 240 g/mol. The number of rotatable bonds is 3. The van der Waals surface area contributed by atoms with Gasteiger partial charge in [-0.05, 0) is 6.07 Å². The number of aromatic nitrogens is 2. The Bertz CT molecular complexity index is 450. The van der Waals surface area contributed by atoms with E-state index in [9.17, 15) is 0 Å². The summed E-state index contributed by atoms with van der Waals surface area (Å²) in [7, 11) is -0.208. The van der Waals surface area contributed by atoms with Gasteiger partial charge < -0.3 is 0 Å². The first kappa shape index (κ1) is 10.8. The molecule has 0 aromatic carbocycles. The second-order valence-electron chi connectivity index (χ2n) is 3.93. The molecule has 0 atom stereocenters. The lowest BCUT2D eigenvalue weighted by molar-refractivity contribution is 0.471. The van der Waals surface area contributed by atoms with Crippen molar-refractivity contribution in [2.45, 2.75) is 12.8 Å². The lowest BCUT2D eigenvalue weighted by Gasteiger charge is -2.29. The fraction of sp³-hybridized carbons (Fsp3) is 0.182. The van der Waals surface area contributed by atoms with E-state index in [0.29, 0.717) is 0 Å². The summed E-state index contributed by atoms with van der Waals surface area (Å²) >= 11 is 0. The molecule has 2 aliphatic heterocycles. The van der Waals surface area contributed by atoms with Crippen LogP contribution < -0.4 is 0 Å². The van der Waals surface area contributed by atoms with E-state index in [-0.39, 0.29) is 7.12 Å². The topological polar surface area (TPSA) is 49.0 Å². The summed E-state index contributed by atoms with van der Waals surface area (Å²) in [6.07, 6.45) is 17.1. The highest BCUT2D eigenvalue weighted by Crippen LogP contribution is 2.12. The molecule has 0 fully saturated rings. The Hall–Kier alpha value is -2.31. The van der Waals surface area contributed by atoms with Gasteiger partial charge in [0, 0.05) is 50.1 Å². The summed E-state index contributed by atoms with van der Waals surface area (Å²) in [5, 5.41) is 13.0. The van der Waals surface area contributed by atoms with Crippen molar-refractivity contribution in [3.05, 3.63) is 43.0 Å². The fourth-order valence-corrected chi connectivity index (χ4v) is 1.87. The molecule has 0 amide bonds. The van der Waals surface area contributed by atoms with Crippen LogP contribution in [-0.2, 0) is 0 Å². The highest BCUT2D eigenvalue weighted by molar-refractivity contribution is 6.51. The van der Waals surface area contributed by atoms with E-state index < -0.39 is 0 Å². The molecule has 7 heteroatoms. The number of hydrogen-bond acceptors (Lipinski definition) is 5. The third kappa shape index (κ3) is 2.06. The van der Waals surface area contributed by atoms with Crippen LogP contribution in [0.2, 0.25) is 0 Å². The average molecular weight is 240 g/mol. The van der Waals surface area contributed by atoms with E-state index >= 15 is 0 Å². The zero-order valence-electron chi connectivity index (χ0n) is 9.87. The van der Waals surface area contributed by atoms with Gasteiger partial charge in [-0.1, -0.05) is 12.2 Å². The minimum atomic E-state index is -0.208. The largest absolute Gasteiger partial charge is 0.568 e. The molecule has 0 radical (unpaired) electrons. The van der Waals surface area contributed by atoms with Crippen LogP contribution in [0.5, 0.6) is 0 Å². The first-order chi connectivity index (χ1) is 8.95. The lowest BCUT2D eigenvalue weighted by Crippen LogP contribution is -2.50. The second-order valence-corrected chi connectivity index (χ2v) is 3.93. The van der Waals surface area contributed by atoms with Crippen LogP contribution in [0.15, 0.2) is 53.2 Å². The van der Waals surface area contributed by atoms with Crippen LogP contribution in [0.3, 0.4) is 0 Å². The van der Waals surface area contributed by atoms with Gasteiger partial charge in [-0.2, -0.15) is 15.3 Å². The van der Waals surface area contributed by atoms with Crippen LogP contribution in [0.1, 0.15) is 12.8 Å². The average Bonchev–Trinajstić information content (AvgIpc) is 2.95. The highest BCUT2D eigenvalue weighted by atomic mass is 15.6. The first-order valence-electron chi connectivity index (χ1n) is 5.89. The highest BCUT2D eigenvalue weighted by Gasteiger charge is 2.33. The predicted molar refractivity (Wildman–Crippen MR) is 71.6 cm³/mol. The van der Waals surface area contributed by atoms with E-state index in [4.69, 9.17) is 0 Å². The number of hydrazone groups is 2. The second kappa shape index (κ2) is 4.91. The molecule has 0 saturated carbocycles. The Kier molecular flexibility index (Phi) is 2.95. The van der Waals surface area contributed by atoms with Gasteiger partial charge in [0.1, 0.15) is 0 Å². The molecule has 0 spiro atoms. The molecule has 0 bridgehead atoms. The van der Waals surface area contributed by atoms with Crippen LogP contribution in [0, 0.1) is 0 Å². The van der Waals surface area contributed by atoms with Crippen molar-refractivity contribution in [2.24, 2.45) is 10.2 Å². The zero-order chi connectivity index (χ0) is 12.2. The summed E-state index contributed by atoms with van der Waals surface area (Å²) in [5.41, 5.74) is 0. The Morgan fingerprint density at radius 3 is 2.06 bits per heavy atom. The van der Waals surface area contributed by atoms with Gasteiger partial charge in [-0.3, -0.25) is 14.4 Å². The van der Waals surface area contributed by atoms with Gasteiger partial charge in [-0.15, -0.1) is 0 Å². The van der Waals surface area contributed by atoms with Crippen LogP contribution in [0.25, 0.3) is 0 Å². The van der Waals surface area contributed by atoms with Gasteiger partial charge in [0.25, 0.3) is 0 Å². The number of allylic oxidation sites excluding steroid dienone is 2. The van der Waals surface area contributed by atoms with Crippen molar-refractivity contribution in [3.8, 4) is 0 Å². The molecule has 0 saturated heterocycles. The van der Waals surface area contributed by atoms with Crippen LogP contribution in [-0.4, -0.2) is 39.1 Å². The first-order valence-corrected chi connectivity index (χ1v) is 5.89. The lowest BCUT2D eigenvalue weighted by atomic mass is 9.91. The maximum atomic E-state index is 4.37. The summed E-state index contributed by atoms with van der Waals surface area (Å²) < 4.78 is 1.82. The number of nitrogens with zero attached hydrogens (tertiary/aromatic N) is 6. The molecule has 0 N–H and O–H groups in total. The van der Waals surface area contributed by atoms with Crippen molar-refractivity contribution in [1.82, 2.24) is 19.5 Å². The SMILES string of the molecule is C1=CN(B(N2C=CCC=N2)n2cccn2)N=CC1. The van der Waals surface area contributed by atoms with Crippen molar-refractivity contribution >= 4 is 19.5 Å². The van der Waals surface area contributed by atoms with Gasteiger partial charge in [0.15, 0.2) is 0 Å². The van der Waals surface area contributed by atoms with E-state index in [0.717, 1.165) is 12.8 Å². The third-order valence-corrected chi connectivity index (χ3v) is 2.66. The van der Waals surface area contributed by atoms with Gasteiger partial charge in [0.2, 0.25) is 0 Å². The normalized spacial score (nSPS) is 17.6. The molecule has 1 aromatic heterocycles. The molecular formula is C11H13BN6. The van der Waals surface area contributed by atoms with Crippen molar-refractivity contribution in [2.75, 3.05) is 0 Å². The van der Waals surface area contributed by atoms with Gasteiger partial charge in [0.05, 0.1) is 0 Å². The molecule has 3 heterocycles. The Morgan fingerprint density at radius 1 is 0.944 bits per heavy atom. The molecule has 6 nitrogen and oxygen atoms in total. The maximum absolute atomic E-state index is 4.37. The smallest absolute Gasteiger partial charge is 0.269 e. The molecule has 18 heavy (non-hydrogen) atoms. The van der Waals surface area contributed by atoms with Crippen molar-refractivity contribution < 1.29 is 0 Å². The fourth-order valence-electron chi connectivity index (χ4n) is 1.87. The van der Waals surface area contributed by atoms with Crippen molar-refractivity contribution in [3.63, 3.8) is 0 Å². The summed E-state index contributed by atoms with van der Waals surface area (Å²) in [4.78, 5) is 3.67.